The third kappa shape index (κ3) is 3.77. The molecule has 0 saturated heterocycles. The van der Waals surface area contributed by atoms with Crippen LogP contribution in [0.15, 0.2) is 42.5 Å². The second kappa shape index (κ2) is 7.43. The van der Waals surface area contributed by atoms with Gasteiger partial charge in [-0.3, -0.25) is 25.0 Å². The Balaban J connectivity index is 1.88. The number of nitro benzene ring substituents is 2. The van der Waals surface area contributed by atoms with Gasteiger partial charge in [-0.05, 0) is 24.3 Å². The van der Waals surface area contributed by atoms with Gasteiger partial charge in [0.25, 0.3) is 11.4 Å². The van der Waals surface area contributed by atoms with Gasteiger partial charge in [0.05, 0.1) is 15.9 Å². The molecule has 7 heteroatoms. The zero-order chi connectivity index (χ0) is 18.7. The molecular formula is C19H18N2O5. The van der Waals surface area contributed by atoms with Crippen LogP contribution in [0.1, 0.15) is 59.5 Å². The molecular weight excluding hydrogens is 336 g/mol. The molecule has 0 amide bonds. The van der Waals surface area contributed by atoms with Gasteiger partial charge < -0.3 is 0 Å². The van der Waals surface area contributed by atoms with Crippen molar-refractivity contribution in [2.45, 2.75) is 38.0 Å². The van der Waals surface area contributed by atoms with Crippen LogP contribution in [-0.2, 0) is 0 Å². The van der Waals surface area contributed by atoms with Crippen molar-refractivity contribution in [3.63, 3.8) is 0 Å². The number of ketones is 1. The highest BCUT2D eigenvalue weighted by Gasteiger charge is 2.21. The molecule has 0 spiro atoms. The molecule has 0 aliphatic heterocycles. The zero-order valence-corrected chi connectivity index (χ0v) is 14.1. The number of hydrogen-bond acceptors (Lipinski definition) is 5. The maximum Gasteiger partial charge on any atom is 0.277 e. The van der Waals surface area contributed by atoms with Crippen molar-refractivity contribution in [1.29, 1.82) is 0 Å². The van der Waals surface area contributed by atoms with E-state index in [2.05, 4.69) is 0 Å². The molecule has 1 fully saturated rings. The first-order valence-corrected chi connectivity index (χ1v) is 8.54. The first-order chi connectivity index (χ1) is 12.5. The van der Waals surface area contributed by atoms with Gasteiger partial charge in [-0.1, -0.05) is 43.5 Å². The van der Waals surface area contributed by atoms with Gasteiger partial charge in [-0.25, -0.2) is 0 Å². The normalized spacial score (nSPS) is 14.8. The van der Waals surface area contributed by atoms with Crippen molar-refractivity contribution in [3.8, 4) is 0 Å². The van der Waals surface area contributed by atoms with Crippen molar-refractivity contribution in [3.05, 3.63) is 79.4 Å². The predicted octanol–water partition coefficient (Wildman–Crippen LogP) is 4.78. The first-order valence-electron chi connectivity index (χ1n) is 8.54. The number of nitro groups is 2. The second-order valence-electron chi connectivity index (χ2n) is 6.54. The predicted molar refractivity (Wildman–Crippen MR) is 95.5 cm³/mol. The number of rotatable bonds is 5. The van der Waals surface area contributed by atoms with Crippen molar-refractivity contribution in [1.82, 2.24) is 0 Å². The summed E-state index contributed by atoms with van der Waals surface area (Å²) in [5.74, 6) is 0.0406. The van der Waals surface area contributed by atoms with Gasteiger partial charge in [0.2, 0.25) is 0 Å². The highest BCUT2D eigenvalue weighted by Crippen LogP contribution is 2.33. The molecule has 0 bridgehead atoms. The molecule has 1 aliphatic rings. The number of carbonyl (C=O) groups is 1. The largest absolute Gasteiger partial charge is 0.289 e. The topological polar surface area (TPSA) is 103 Å². The summed E-state index contributed by atoms with van der Waals surface area (Å²) in [5.41, 5.74) is 0.546. The lowest BCUT2D eigenvalue weighted by atomic mass is 9.83. The number of hydrogen-bond donors (Lipinski definition) is 0. The average molecular weight is 354 g/mol. The molecule has 2 aromatic carbocycles. The van der Waals surface area contributed by atoms with Crippen molar-refractivity contribution in [2.24, 2.45) is 0 Å². The summed E-state index contributed by atoms with van der Waals surface area (Å²) in [7, 11) is 0. The lowest BCUT2D eigenvalue weighted by Gasteiger charge is -2.22. The third-order valence-electron chi connectivity index (χ3n) is 4.84. The fraction of sp³-hybridized carbons (Fsp3) is 0.316. The van der Waals surface area contributed by atoms with E-state index in [0.717, 1.165) is 31.0 Å². The van der Waals surface area contributed by atoms with Gasteiger partial charge in [-0.15, -0.1) is 0 Å². The van der Waals surface area contributed by atoms with Crippen LogP contribution in [0.5, 0.6) is 0 Å². The Labute approximate surface area is 150 Å². The Morgan fingerprint density at radius 1 is 0.808 bits per heavy atom. The number of non-ortho nitro benzene ring substituents is 2. The van der Waals surface area contributed by atoms with E-state index in [-0.39, 0.29) is 5.56 Å². The second-order valence-corrected chi connectivity index (χ2v) is 6.54. The lowest BCUT2D eigenvalue weighted by molar-refractivity contribution is -0.394. The molecule has 3 rings (SSSR count). The van der Waals surface area contributed by atoms with E-state index >= 15 is 0 Å². The molecule has 2 aromatic rings. The smallest absolute Gasteiger partial charge is 0.277 e. The molecule has 0 radical (unpaired) electrons. The first kappa shape index (κ1) is 17.7. The molecule has 26 heavy (non-hydrogen) atoms. The number of carbonyl (C=O) groups excluding carboxylic acids is 1. The van der Waals surface area contributed by atoms with E-state index in [1.807, 2.05) is 12.1 Å². The van der Waals surface area contributed by atoms with Gasteiger partial charge in [0.15, 0.2) is 5.78 Å². The molecule has 0 unspecified atom stereocenters. The maximum atomic E-state index is 12.6. The van der Waals surface area contributed by atoms with E-state index < -0.39 is 27.0 Å². The van der Waals surface area contributed by atoms with Crippen molar-refractivity contribution >= 4 is 17.2 Å². The van der Waals surface area contributed by atoms with Crippen molar-refractivity contribution < 1.29 is 14.6 Å². The number of benzene rings is 2. The SMILES string of the molecule is O=C(c1ccc(C2CCCCC2)cc1)c1cc([N+](=O)[O-])cc([N+](=O)[O-])c1. The molecule has 1 saturated carbocycles. The number of nitrogens with zero attached hydrogens (tertiary/aromatic N) is 2. The summed E-state index contributed by atoms with van der Waals surface area (Å²) in [4.78, 5) is 33.1. The van der Waals surface area contributed by atoms with E-state index in [1.54, 1.807) is 12.1 Å². The van der Waals surface area contributed by atoms with Gasteiger partial charge in [0.1, 0.15) is 0 Å². The molecule has 0 heterocycles. The van der Waals surface area contributed by atoms with E-state index in [0.29, 0.717) is 11.5 Å². The fourth-order valence-corrected chi connectivity index (χ4v) is 3.45. The minimum atomic E-state index is -0.740. The third-order valence-corrected chi connectivity index (χ3v) is 4.84. The average Bonchev–Trinajstić information content (AvgIpc) is 2.67. The fourth-order valence-electron chi connectivity index (χ4n) is 3.45. The standard InChI is InChI=1S/C19H18N2O5/c22-19(16-10-17(20(23)24)12-18(11-16)21(25)26)15-8-6-14(7-9-15)13-4-2-1-3-5-13/h6-13H,1-5H2. The highest BCUT2D eigenvalue weighted by molar-refractivity contribution is 6.09. The minimum absolute atomic E-state index is 0.0590. The Bertz CT molecular complexity index is 822. The van der Waals surface area contributed by atoms with E-state index in [9.17, 15) is 25.0 Å². The van der Waals surface area contributed by atoms with Crippen LogP contribution in [-0.4, -0.2) is 15.6 Å². The van der Waals surface area contributed by atoms with Crippen LogP contribution in [0.3, 0.4) is 0 Å². The monoisotopic (exact) mass is 354 g/mol. The molecule has 0 N–H and O–H groups in total. The maximum absolute atomic E-state index is 12.6. The molecule has 0 atom stereocenters. The lowest BCUT2D eigenvalue weighted by Crippen LogP contribution is -2.06. The Kier molecular flexibility index (Phi) is 5.06. The van der Waals surface area contributed by atoms with E-state index in [1.165, 1.54) is 24.8 Å². The molecule has 0 aromatic heterocycles. The molecule has 1 aliphatic carbocycles. The van der Waals surface area contributed by atoms with Crippen LogP contribution in [0.4, 0.5) is 11.4 Å². The Morgan fingerprint density at radius 3 is 1.85 bits per heavy atom. The van der Waals surface area contributed by atoms with Crippen molar-refractivity contribution in [2.75, 3.05) is 0 Å². The quantitative estimate of drug-likeness (QED) is 0.436. The highest BCUT2D eigenvalue weighted by atomic mass is 16.6. The van der Waals surface area contributed by atoms with Crippen LogP contribution >= 0.6 is 0 Å². The van der Waals surface area contributed by atoms with Crippen LogP contribution in [0.25, 0.3) is 0 Å². The van der Waals surface area contributed by atoms with Crippen LogP contribution in [0.2, 0.25) is 0 Å². The molecule has 7 nitrogen and oxygen atoms in total. The summed E-state index contributed by atoms with van der Waals surface area (Å²) < 4.78 is 0. The molecule has 134 valence electrons. The van der Waals surface area contributed by atoms with Crippen LogP contribution < -0.4 is 0 Å². The Morgan fingerprint density at radius 2 is 1.35 bits per heavy atom. The van der Waals surface area contributed by atoms with Gasteiger partial charge in [-0.2, -0.15) is 0 Å². The Hall–Kier alpha value is -3.09. The van der Waals surface area contributed by atoms with Gasteiger partial charge in [0, 0.05) is 23.3 Å². The van der Waals surface area contributed by atoms with E-state index in [4.69, 9.17) is 0 Å². The summed E-state index contributed by atoms with van der Waals surface area (Å²) in [6, 6.07) is 10.2. The van der Waals surface area contributed by atoms with Crippen LogP contribution in [0, 0.1) is 20.2 Å². The summed E-state index contributed by atoms with van der Waals surface area (Å²) in [6.07, 6.45) is 5.97. The summed E-state index contributed by atoms with van der Waals surface area (Å²) >= 11 is 0. The minimum Gasteiger partial charge on any atom is -0.289 e. The summed E-state index contributed by atoms with van der Waals surface area (Å²) in [5, 5.41) is 22.0. The zero-order valence-electron chi connectivity index (χ0n) is 14.1. The summed E-state index contributed by atoms with van der Waals surface area (Å²) in [6.45, 7) is 0. The van der Waals surface area contributed by atoms with Gasteiger partial charge >= 0.3 is 0 Å².